The zero-order valence-electron chi connectivity index (χ0n) is 66.7. The summed E-state index contributed by atoms with van der Waals surface area (Å²) in [5, 5.41) is 9.84. The summed E-state index contributed by atoms with van der Waals surface area (Å²) in [6.45, 7) is 0. The number of fused-ring (bicyclic) bond motifs is 12. The Balaban J connectivity index is 0.000000143. The molecule has 24 aromatic rings. The van der Waals surface area contributed by atoms with Crippen molar-refractivity contribution in [3.05, 3.63) is 425 Å². The van der Waals surface area contributed by atoms with E-state index in [2.05, 4.69) is 300 Å². The molecule has 8 aromatic heterocycles. The predicted molar refractivity (Wildman–Crippen MR) is 515 cm³/mol. The number of pyridine rings is 2. The number of nitrogens with zero attached hydrogens (tertiary/aromatic N) is 10. The summed E-state index contributed by atoms with van der Waals surface area (Å²) in [6.07, 6.45) is 4.00. The third-order valence-corrected chi connectivity index (χ3v) is 25.7. The van der Waals surface area contributed by atoms with Crippen LogP contribution in [0, 0.1) is 0 Å². The largest absolute Gasteiger partial charge is 0.309 e. The molecular weight excluding hydrogens is 1550 g/mol. The first kappa shape index (κ1) is 73.1. The van der Waals surface area contributed by atoms with Gasteiger partial charge in [0.1, 0.15) is 0 Å². The normalized spacial score (nSPS) is 11.5. The zero-order chi connectivity index (χ0) is 82.0. The highest BCUT2D eigenvalue weighted by Gasteiger charge is 2.26. The van der Waals surface area contributed by atoms with Gasteiger partial charge in [-0.3, -0.25) is 9.97 Å². The molecule has 0 amide bonds. The van der Waals surface area contributed by atoms with Crippen molar-refractivity contribution in [2.24, 2.45) is 0 Å². The summed E-state index contributed by atoms with van der Waals surface area (Å²) in [5.74, 6) is 3.55. The molecule has 124 heavy (non-hydrogen) atoms. The number of para-hydroxylation sites is 4. The van der Waals surface area contributed by atoms with Gasteiger partial charge in [-0.1, -0.05) is 334 Å². The van der Waals surface area contributed by atoms with E-state index in [4.69, 9.17) is 39.9 Å². The lowest BCUT2D eigenvalue weighted by atomic mass is 9.93. The molecule has 0 bridgehead atoms. The minimum atomic E-state index is 0.562. The fraction of sp³-hybridized carbons (Fsp3) is 0. The molecule has 12 heteroatoms. The van der Waals surface area contributed by atoms with Crippen molar-refractivity contribution in [2.45, 2.75) is 0 Å². The van der Waals surface area contributed by atoms with Crippen LogP contribution in [0.5, 0.6) is 0 Å². The molecule has 10 nitrogen and oxygen atoms in total. The van der Waals surface area contributed by atoms with E-state index in [0.29, 0.717) is 34.9 Å². The minimum Gasteiger partial charge on any atom is -0.309 e. The van der Waals surface area contributed by atoms with Crippen LogP contribution < -0.4 is 0 Å². The standard InChI is InChI=1S/2C56H35N5S/c1-5-18-36(19-6-1)41-26-13-14-27-42(41)39-32-48(56-59-54(37-20-7-2-8-21-37)58-55(60-56)38-22-9-3-10-23-38)52(57-35-39)45-30-17-29-44-47-33-46-43-28-15-16-31-49(43)61(40-24-11-4-12-25-40)50(46)34-51(47)62-53(44)45;1-5-17-36(18-6-1)42-25-13-14-26-43(42)40-31-48(56-59-54(37-19-7-2-8-20-37)58-55(60-56)38-21-9-3-10-22-38)53(57-35-40)39-29-30-45-47-33-46-44-27-15-16-28-49(44)61(41-23-11-4-12-24-41)50(46)34-52(47)62-51(45)32-39/h2*1-35H. The summed E-state index contributed by atoms with van der Waals surface area (Å²) in [4.78, 5) is 41.7. The molecule has 0 radical (unpaired) electrons. The molecule has 16 aromatic carbocycles. The first-order valence-electron chi connectivity index (χ1n) is 41.4. The van der Waals surface area contributed by atoms with Crippen molar-refractivity contribution in [1.29, 1.82) is 0 Å². The van der Waals surface area contributed by atoms with Gasteiger partial charge in [-0.15, -0.1) is 22.7 Å². The summed E-state index contributed by atoms with van der Waals surface area (Å²) >= 11 is 3.63. The van der Waals surface area contributed by atoms with Crippen LogP contribution in [-0.2, 0) is 0 Å². The van der Waals surface area contributed by atoms with Crippen molar-refractivity contribution in [1.82, 2.24) is 49.0 Å². The maximum absolute atomic E-state index is 5.40. The van der Waals surface area contributed by atoms with Gasteiger partial charge in [-0.2, -0.15) is 0 Å². The number of hydrogen-bond acceptors (Lipinski definition) is 10. The van der Waals surface area contributed by atoms with Crippen LogP contribution in [0.1, 0.15) is 0 Å². The average molecular weight is 1620 g/mol. The van der Waals surface area contributed by atoms with Crippen LogP contribution in [0.4, 0.5) is 0 Å². The van der Waals surface area contributed by atoms with Gasteiger partial charge in [-0.05, 0) is 112 Å². The van der Waals surface area contributed by atoms with E-state index in [1.807, 2.05) is 156 Å². The van der Waals surface area contributed by atoms with E-state index in [0.717, 1.165) is 116 Å². The third-order valence-electron chi connectivity index (χ3n) is 23.4. The van der Waals surface area contributed by atoms with Gasteiger partial charge in [0.2, 0.25) is 0 Å². The lowest BCUT2D eigenvalue weighted by Crippen LogP contribution is -2.02. The number of benzene rings is 16. The Hall–Kier alpha value is -16.1. The fourth-order valence-electron chi connectivity index (χ4n) is 17.6. The van der Waals surface area contributed by atoms with Gasteiger partial charge in [0, 0.05) is 141 Å². The zero-order valence-corrected chi connectivity index (χ0v) is 68.3. The first-order chi connectivity index (χ1) is 61.5. The summed E-state index contributed by atoms with van der Waals surface area (Å²) in [5.41, 5.74) is 24.7. The summed E-state index contributed by atoms with van der Waals surface area (Å²) in [6, 6.07) is 145. The van der Waals surface area contributed by atoms with Crippen molar-refractivity contribution in [3.63, 3.8) is 0 Å². The summed E-state index contributed by atoms with van der Waals surface area (Å²) in [7, 11) is 0. The van der Waals surface area contributed by atoms with Crippen LogP contribution in [0.2, 0.25) is 0 Å². The average Bonchev–Trinajstić information content (AvgIpc) is 1.57. The van der Waals surface area contributed by atoms with Gasteiger partial charge < -0.3 is 9.13 Å². The first-order valence-corrected chi connectivity index (χ1v) is 43.1. The van der Waals surface area contributed by atoms with Crippen LogP contribution in [0.3, 0.4) is 0 Å². The van der Waals surface area contributed by atoms with Crippen molar-refractivity contribution < 1.29 is 0 Å². The highest BCUT2D eigenvalue weighted by atomic mass is 32.1. The van der Waals surface area contributed by atoms with Crippen molar-refractivity contribution >= 4 is 107 Å². The highest BCUT2D eigenvalue weighted by molar-refractivity contribution is 7.26. The Morgan fingerprint density at radius 2 is 0.508 bits per heavy atom. The molecule has 0 N–H and O–H groups in total. The molecule has 0 atom stereocenters. The summed E-state index contributed by atoms with van der Waals surface area (Å²) < 4.78 is 9.58. The minimum absolute atomic E-state index is 0.562. The number of rotatable bonds is 14. The number of aromatic nitrogens is 10. The fourth-order valence-corrected chi connectivity index (χ4v) is 20.0. The molecule has 8 heterocycles. The Kier molecular flexibility index (Phi) is 18.4. The molecule has 0 aliphatic carbocycles. The van der Waals surface area contributed by atoms with E-state index in [1.54, 1.807) is 0 Å². The second kappa shape index (κ2) is 31.2. The highest BCUT2D eigenvalue weighted by Crippen LogP contribution is 2.49. The topological polar surface area (TPSA) is 113 Å². The molecule has 580 valence electrons. The molecule has 0 saturated carbocycles. The lowest BCUT2D eigenvalue weighted by molar-refractivity contribution is 1.07. The third kappa shape index (κ3) is 13.2. The second-order valence-corrected chi connectivity index (χ2v) is 33.0. The predicted octanol–water partition coefficient (Wildman–Crippen LogP) is 29.5. The molecule has 0 spiro atoms. The molecule has 0 aliphatic heterocycles. The van der Waals surface area contributed by atoms with E-state index in [-0.39, 0.29) is 0 Å². The van der Waals surface area contributed by atoms with Crippen LogP contribution in [0.25, 0.3) is 231 Å². The van der Waals surface area contributed by atoms with E-state index >= 15 is 0 Å². The molecule has 0 fully saturated rings. The SMILES string of the molecule is c1ccc(-c2nc(-c3ccccc3)nc(-c3cc(-c4ccccc4-c4ccccc4)cnc3-c3ccc4c(c3)sc3cc5c(cc34)c3ccccc3n5-c3ccccc3)n2)cc1.c1ccc(-c2nc(-c3ccccc3)nc(-c3cc(-c4ccccc4-c4ccccc4)cnc3-c3cccc4c3sc3cc5c(cc34)c3ccccc3n5-c3ccccc3)n2)cc1. The Labute approximate surface area is 722 Å². The van der Waals surface area contributed by atoms with Crippen LogP contribution in [0.15, 0.2) is 425 Å². The van der Waals surface area contributed by atoms with Crippen LogP contribution in [-0.4, -0.2) is 49.0 Å². The van der Waals surface area contributed by atoms with Crippen LogP contribution >= 0.6 is 22.7 Å². The second-order valence-electron chi connectivity index (χ2n) is 30.8. The van der Waals surface area contributed by atoms with E-state index in [1.165, 1.54) is 79.3 Å². The van der Waals surface area contributed by atoms with Gasteiger partial charge in [-0.25, -0.2) is 29.9 Å². The van der Waals surface area contributed by atoms with Gasteiger partial charge in [0.05, 0.1) is 33.5 Å². The number of hydrogen-bond donors (Lipinski definition) is 0. The van der Waals surface area contributed by atoms with E-state index < -0.39 is 0 Å². The maximum atomic E-state index is 5.40. The Bertz CT molecular complexity index is 8090. The molecular formula is C112H70N10S2. The van der Waals surface area contributed by atoms with Gasteiger partial charge in [0.25, 0.3) is 0 Å². The molecule has 24 rings (SSSR count). The van der Waals surface area contributed by atoms with Gasteiger partial charge in [0.15, 0.2) is 34.9 Å². The van der Waals surface area contributed by atoms with Crippen molar-refractivity contribution in [2.75, 3.05) is 0 Å². The lowest BCUT2D eigenvalue weighted by Gasteiger charge is -2.15. The van der Waals surface area contributed by atoms with E-state index in [9.17, 15) is 0 Å². The number of thiophene rings is 2. The Morgan fingerprint density at radius 3 is 0.952 bits per heavy atom. The monoisotopic (exact) mass is 1620 g/mol. The van der Waals surface area contributed by atoms with Gasteiger partial charge >= 0.3 is 0 Å². The molecule has 0 saturated heterocycles. The molecule has 0 unspecified atom stereocenters. The smallest absolute Gasteiger partial charge is 0.166 e. The maximum Gasteiger partial charge on any atom is 0.166 e. The van der Waals surface area contributed by atoms with Crippen molar-refractivity contribution in [3.8, 4) is 147 Å². The Morgan fingerprint density at radius 1 is 0.177 bits per heavy atom. The molecule has 0 aliphatic rings. The quantitative estimate of drug-likeness (QED) is 0.106.